The minimum absolute atomic E-state index is 0.0242. The number of hydrogen-bond donors (Lipinski definition) is 1. The van der Waals surface area contributed by atoms with Gasteiger partial charge in [0, 0.05) is 6.20 Å². The fraction of sp³-hybridized carbons (Fsp3) is 0.294. The maximum atomic E-state index is 13.1. The van der Waals surface area contributed by atoms with Crippen molar-refractivity contribution in [1.29, 1.82) is 0 Å². The molecule has 122 valence electrons. The Hall–Kier alpha value is -2.63. The van der Waals surface area contributed by atoms with E-state index in [1.807, 2.05) is 0 Å². The summed E-state index contributed by atoms with van der Waals surface area (Å²) in [5, 5.41) is 9.31. The number of rotatable bonds is 6. The van der Waals surface area contributed by atoms with Gasteiger partial charge in [0.05, 0.1) is 0 Å². The zero-order chi connectivity index (χ0) is 17.0. The normalized spacial score (nSPS) is 12.2. The first kappa shape index (κ1) is 16.7. The molecule has 2 aromatic rings. The number of aromatic nitrogens is 1. The molecule has 0 aliphatic heterocycles. The molecule has 0 bridgehead atoms. The summed E-state index contributed by atoms with van der Waals surface area (Å²) in [6, 6.07) is 7.92. The molecule has 0 aliphatic carbocycles. The average molecular weight is 319 g/mol. The molecule has 1 aromatic heterocycles. The van der Waals surface area contributed by atoms with Crippen molar-refractivity contribution < 1.29 is 19.0 Å². The molecule has 1 N–H and O–H groups in total. The minimum atomic E-state index is -1.08. The van der Waals surface area contributed by atoms with Crippen LogP contribution >= 0.6 is 0 Å². The van der Waals surface area contributed by atoms with Crippen molar-refractivity contribution in [1.82, 2.24) is 4.57 Å². The van der Waals surface area contributed by atoms with Gasteiger partial charge in [0.1, 0.15) is 18.5 Å². The van der Waals surface area contributed by atoms with Crippen LogP contribution in [0.3, 0.4) is 0 Å². The van der Waals surface area contributed by atoms with E-state index in [-0.39, 0.29) is 24.1 Å². The molecule has 1 atom stereocenters. The zero-order valence-corrected chi connectivity index (χ0v) is 12.9. The molecule has 1 unspecified atom stereocenters. The monoisotopic (exact) mass is 319 g/mol. The first-order valence-corrected chi connectivity index (χ1v) is 7.21. The van der Waals surface area contributed by atoms with Gasteiger partial charge in [0.15, 0.2) is 5.75 Å². The highest BCUT2D eigenvalue weighted by Crippen LogP contribution is 2.17. The molecule has 2 rings (SSSR count). The maximum absolute atomic E-state index is 13.1. The molecule has 6 heteroatoms. The summed E-state index contributed by atoms with van der Waals surface area (Å²) in [5.41, 5.74) is 0.0588. The minimum Gasteiger partial charge on any atom is -0.483 e. The SMILES string of the molecule is CC(C)C(C(=O)O)n1cccc(OCc2cccc(F)c2)c1=O. The number of halogens is 1. The van der Waals surface area contributed by atoms with Gasteiger partial charge in [0.2, 0.25) is 0 Å². The van der Waals surface area contributed by atoms with E-state index in [0.29, 0.717) is 5.56 Å². The number of hydrogen-bond acceptors (Lipinski definition) is 3. The van der Waals surface area contributed by atoms with Crippen LogP contribution in [0, 0.1) is 11.7 Å². The van der Waals surface area contributed by atoms with Crippen LogP contribution in [0.25, 0.3) is 0 Å². The number of benzene rings is 1. The highest BCUT2D eigenvalue weighted by atomic mass is 19.1. The number of nitrogens with zero attached hydrogens (tertiary/aromatic N) is 1. The molecule has 5 nitrogen and oxygen atoms in total. The molecule has 0 aliphatic rings. The van der Waals surface area contributed by atoms with Gasteiger partial charge < -0.3 is 9.84 Å². The predicted molar refractivity (Wildman–Crippen MR) is 82.9 cm³/mol. The van der Waals surface area contributed by atoms with Crippen LogP contribution in [-0.2, 0) is 11.4 Å². The van der Waals surface area contributed by atoms with Gasteiger partial charge in [-0.15, -0.1) is 0 Å². The Kier molecular flexibility index (Phi) is 5.16. The molecule has 0 amide bonds. The Bertz CT molecular complexity index is 754. The number of carbonyl (C=O) groups is 1. The second-order valence-electron chi connectivity index (χ2n) is 5.53. The van der Waals surface area contributed by atoms with E-state index in [1.54, 1.807) is 32.0 Å². The molecule has 0 spiro atoms. The van der Waals surface area contributed by atoms with Crippen molar-refractivity contribution in [2.75, 3.05) is 0 Å². The highest BCUT2D eigenvalue weighted by molar-refractivity contribution is 5.72. The number of carboxylic acids is 1. The van der Waals surface area contributed by atoms with Gasteiger partial charge in [-0.05, 0) is 35.7 Å². The van der Waals surface area contributed by atoms with Crippen molar-refractivity contribution in [2.24, 2.45) is 5.92 Å². The fourth-order valence-corrected chi connectivity index (χ4v) is 2.33. The summed E-state index contributed by atoms with van der Waals surface area (Å²) in [6.07, 6.45) is 1.43. The summed E-state index contributed by atoms with van der Waals surface area (Å²) < 4.78 is 19.7. The summed E-state index contributed by atoms with van der Waals surface area (Å²) >= 11 is 0. The van der Waals surface area contributed by atoms with E-state index >= 15 is 0 Å². The Balaban J connectivity index is 2.26. The topological polar surface area (TPSA) is 68.5 Å². The Morgan fingerprint density at radius 3 is 2.65 bits per heavy atom. The lowest BCUT2D eigenvalue weighted by Crippen LogP contribution is -2.33. The largest absolute Gasteiger partial charge is 0.483 e. The third-order valence-electron chi connectivity index (χ3n) is 3.41. The maximum Gasteiger partial charge on any atom is 0.327 e. The van der Waals surface area contributed by atoms with Gasteiger partial charge in [-0.25, -0.2) is 9.18 Å². The first-order valence-electron chi connectivity index (χ1n) is 7.21. The van der Waals surface area contributed by atoms with Gasteiger partial charge in [0.25, 0.3) is 5.56 Å². The van der Waals surface area contributed by atoms with Crippen molar-refractivity contribution in [2.45, 2.75) is 26.5 Å². The first-order chi connectivity index (χ1) is 10.9. The van der Waals surface area contributed by atoms with Gasteiger partial charge >= 0.3 is 5.97 Å². The predicted octanol–water partition coefficient (Wildman–Crippen LogP) is 2.85. The number of carboxylic acid groups (broad SMARTS) is 1. The van der Waals surface area contributed by atoms with E-state index in [9.17, 15) is 19.1 Å². The third kappa shape index (κ3) is 3.97. The van der Waals surface area contributed by atoms with Crippen LogP contribution in [0.5, 0.6) is 5.75 Å². The second kappa shape index (κ2) is 7.09. The Morgan fingerprint density at radius 1 is 1.30 bits per heavy atom. The zero-order valence-electron chi connectivity index (χ0n) is 12.9. The van der Waals surface area contributed by atoms with Gasteiger partial charge in [-0.2, -0.15) is 0 Å². The lowest BCUT2D eigenvalue weighted by Gasteiger charge is -2.19. The molecule has 0 fully saturated rings. The molecule has 0 saturated heterocycles. The van der Waals surface area contributed by atoms with Crippen LogP contribution in [0.4, 0.5) is 4.39 Å². The molecule has 23 heavy (non-hydrogen) atoms. The number of aliphatic carboxylic acids is 1. The molecule has 1 heterocycles. The van der Waals surface area contributed by atoms with E-state index in [0.717, 1.165) is 4.57 Å². The third-order valence-corrected chi connectivity index (χ3v) is 3.41. The highest BCUT2D eigenvalue weighted by Gasteiger charge is 2.25. The summed E-state index contributed by atoms with van der Waals surface area (Å²) in [4.78, 5) is 23.8. The standard InChI is InChI=1S/C17H18FNO4/c1-11(2)15(17(21)22)19-8-4-7-14(16(19)20)23-10-12-5-3-6-13(18)9-12/h3-9,11,15H,10H2,1-2H3,(H,21,22). The van der Waals surface area contributed by atoms with Crippen LogP contribution in [-0.4, -0.2) is 15.6 Å². The van der Waals surface area contributed by atoms with Gasteiger partial charge in [-0.3, -0.25) is 9.36 Å². The Morgan fingerprint density at radius 2 is 2.04 bits per heavy atom. The second-order valence-corrected chi connectivity index (χ2v) is 5.53. The summed E-state index contributed by atoms with van der Waals surface area (Å²) in [5.74, 6) is -1.70. The van der Waals surface area contributed by atoms with E-state index in [4.69, 9.17) is 4.74 Å². The summed E-state index contributed by atoms with van der Waals surface area (Å²) in [6.45, 7) is 3.48. The lowest BCUT2D eigenvalue weighted by atomic mass is 10.0. The Labute approximate surface area is 133 Å². The van der Waals surface area contributed by atoms with Crippen LogP contribution < -0.4 is 10.3 Å². The summed E-state index contributed by atoms with van der Waals surface area (Å²) in [7, 11) is 0. The quantitative estimate of drug-likeness (QED) is 0.889. The smallest absolute Gasteiger partial charge is 0.327 e. The van der Waals surface area contributed by atoms with Gasteiger partial charge in [-0.1, -0.05) is 26.0 Å². The van der Waals surface area contributed by atoms with Crippen LogP contribution in [0.1, 0.15) is 25.5 Å². The molecular formula is C17H18FNO4. The van der Waals surface area contributed by atoms with Crippen molar-refractivity contribution in [3.63, 3.8) is 0 Å². The number of ether oxygens (including phenoxy) is 1. The molecular weight excluding hydrogens is 301 g/mol. The van der Waals surface area contributed by atoms with E-state index in [2.05, 4.69) is 0 Å². The van der Waals surface area contributed by atoms with E-state index in [1.165, 1.54) is 24.4 Å². The van der Waals surface area contributed by atoms with E-state index < -0.39 is 17.6 Å². The molecule has 1 aromatic carbocycles. The molecule has 0 radical (unpaired) electrons. The fourth-order valence-electron chi connectivity index (χ4n) is 2.33. The van der Waals surface area contributed by atoms with Crippen molar-refractivity contribution in [3.8, 4) is 5.75 Å². The van der Waals surface area contributed by atoms with Crippen LogP contribution in [0.15, 0.2) is 47.4 Å². The lowest BCUT2D eigenvalue weighted by molar-refractivity contribution is -0.142. The van der Waals surface area contributed by atoms with Crippen molar-refractivity contribution >= 4 is 5.97 Å². The molecule has 0 saturated carbocycles. The average Bonchev–Trinajstić information content (AvgIpc) is 2.47. The van der Waals surface area contributed by atoms with Crippen LogP contribution in [0.2, 0.25) is 0 Å². The number of pyridine rings is 1. The van der Waals surface area contributed by atoms with Crippen molar-refractivity contribution in [3.05, 3.63) is 64.3 Å².